The number of carbonyl (C=O) groups excluding carboxylic acids is 2. The lowest BCUT2D eigenvalue weighted by Gasteiger charge is -2.26. The van der Waals surface area contributed by atoms with Crippen LogP contribution in [0.5, 0.6) is 17.2 Å². The molecular formula is C23H24N4O6. The second kappa shape index (κ2) is 12.1. The molecule has 0 bridgehead atoms. The van der Waals surface area contributed by atoms with Crippen LogP contribution in [-0.2, 0) is 14.3 Å². The number of carbonyl (C=O) groups is 2. The lowest BCUT2D eigenvalue weighted by molar-refractivity contribution is -0.137. The predicted octanol–water partition coefficient (Wildman–Crippen LogP) is 1.33. The van der Waals surface area contributed by atoms with Crippen molar-refractivity contribution < 1.29 is 28.5 Å². The molecule has 10 heteroatoms. The molecule has 0 atom stereocenters. The summed E-state index contributed by atoms with van der Waals surface area (Å²) in [5.74, 6) is 0.578. The number of nitrogens with one attached hydrogen (secondary N) is 1. The summed E-state index contributed by atoms with van der Waals surface area (Å²) in [6, 6.07) is 13.7. The molecule has 0 saturated carbocycles. The van der Waals surface area contributed by atoms with E-state index >= 15 is 0 Å². The Balaban J connectivity index is 1.49. The van der Waals surface area contributed by atoms with Crippen LogP contribution in [0.4, 0.5) is 0 Å². The molecule has 1 heterocycles. The van der Waals surface area contributed by atoms with E-state index in [0.29, 0.717) is 54.7 Å². The van der Waals surface area contributed by atoms with Crippen LogP contribution in [0.25, 0.3) is 0 Å². The van der Waals surface area contributed by atoms with Gasteiger partial charge in [0.1, 0.15) is 11.8 Å². The summed E-state index contributed by atoms with van der Waals surface area (Å²) in [7, 11) is 1.49. The monoisotopic (exact) mass is 452 g/mol. The Morgan fingerprint density at radius 3 is 2.64 bits per heavy atom. The first-order valence-corrected chi connectivity index (χ1v) is 10.2. The van der Waals surface area contributed by atoms with Gasteiger partial charge in [-0.2, -0.15) is 10.4 Å². The summed E-state index contributed by atoms with van der Waals surface area (Å²) in [4.78, 5) is 25.9. The Morgan fingerprint density at radius 1 is 1.12 bits per heavy atom. The number of hydrazone groups is 1. The predicted molar refractivity (Wildman–Crippen MR) is 118 cm³/mol. The minimum absolute atomic E-state index is 0.102. The Hall–Kier alpha value is -4.10. The Labute approximate surface area is 191 Å². The number of nitrogens with zero attached hydrogens (tertiary/aromatic N) is 3. The number of amides is 2. The fraction of sp³-hybridized carbons (Fsp3) is 0.304. The standard InChI is InChI=1S/C23H24N4O6/c1-30-21-12-17(6-7-20(21)33-16-23(29)27-8-10-31-11-9-27)14-25-26-22(28)15-32-19-5-3-2-4-18(19)13-24/h2-7,12,14H,8-11,15-16H2,1H3,(H,26,28)/b25-14+. The molecule has 172 valence electrons. The lowest BCUT2D eigenvalue weighted by atomic mass is 10.2. The first-order chi connectivity index (χ1) is 16.1. The molecule has 3 rings (SSSR count). The molecule has 0 unspecified atom stereocenters. The van der Waals surface area contributed by atoms with Gasteiger partial charge in [0, 0.05) is 13.1 Å². The van der Waals surface area contributed by atoms with Crippen LogP contribution in [0.3, 0.4) is 0 Å². The van der Waals surface area contributed by atoms with Crippen LogP contribution in [0.2, 0.25) is 0 Å². The van der Waals surface area contributed by atoms with E-state index in [1.165, 1.54) is 13.3 Å². The van der Waals surface area contributed by atoms with E-state index in [9.17, 15) is 9.59 Å². The zero-order valence-electron chi connectivity index (χ0n) is 18.2. The number of para-hydroxylation sites is 1. The summed E-state index contributed by atoms with van der Waals surface area (Å²) < 4.78 is 21.6. The lowest BCUT2D eigenvalue weighted by Crippen LogP contribution is -2.43. The summed E-state index contributed by atoms with van der Waals surface area (Å²) in [5.41, 5.74) is 3.35. The maximum Gasteiger partial charge on any atom is 0.277 e. The Bertz CT molecular complexity index is 1040. The summed E-state index contributed by atoms with van der Waals surface area (Å²) >= 11 is 0. The summed E-state index contributed by atoms with van der Waals surface area (Å²) in [5, 5.41) is 12.9. The van der Waals surface area contributed by atoms with Gasteiger partial charge in [-0.05, 0) is 35.9 Å². The van der Waals surface area contributed by atoms with Gasteiger partial charge in [-0.25, -0.2) is 5.43 Å². The summed E-state index contributed by atoms with van der Waals surface area (Å²) in [6.07, 6.45) is 1.44. The maximum atomic E-state index is 12.2. The van der Waals surface area contributed by atoms with Gasteiger partial charge in [0.2, 0.25) is 0 Å². The summed E-state index contributed by atoms with van der Waals surface area (Å²) in [6.45, 7) is 1.77. The quantitative estimate of drug-likeness (QED) is 0.450. The molecule has 0 aliphatic carbocycles. The second-order valence-electron chi connectivity index (χ2n) is 6.88. The Morgan fingerprint density at radius 2 is 1.88 bits per heavy atom. The van der Waals surface area contributed by atoms with Crippen LogP contribution in [0.15, 0.2) is 47.6 Å². The van der Waals surface area contributed by atoms with Crippen LogP contribution in [0, 0.1) is 11.3 Å². The van der Waals surface area contributed by atoms with Gasteiger partial charge in [0.15, 0.2) is 24.7 Å². The van der Waals surface area contributed by atoms with Crippen molar-refractivity contribution in [1.29, 1.82) is 5.26 Å². The van der Waals surface area contributed by atoms with Gasteiger partial charge in [-0.1, -0.05) is 12.1 Å². The molecular weight excluding hydrogens is 428 g/mol. The number of ether oxygens (including phenoxy) is 4. The molecule has 1 saturated heterocycles. The highest BCUT2D eigenvalue weighted by atomic mass is 16.5. The van der Waals surface area contributed by atoms with Crippen LogP contribution in [0.1, 0.15) is 11.1 Å². The van der Waals surface area contributed by atoms with E-state index in [1.54, 1.807) is 47.4 Å². The van der Waals surface area contributed by atoms with Crippen molar-refractivity contribution >= 4 is 18.0 Å². The molecule has 10 nitrogen and oxygen atoms in total. The minimum Gasteiger partial charge on any atom is -0.493 e. The van der Waals surface area contributed by atoms with Crippen LogP contribution >= 0.6 is 0 Å². The largest absolute Gasteiger partial charge is 0.493 e. The van der Waals surface area contributed by atoms with Crippen molar-refractivity contribution in [2.45, 2.75) is 0 Å². The van der Waals surface area contributed by atoms with Crippen molar-refractivity contribution in [2.24, 2.45) is 5.10 Å². The van der Waals surface area contributed by atoms with E-state index in [2.05, 4.69) is 10.5 Å². The van der Waals surface area contributed by atoms with E-state index in [-0.39, 0.29) is 19.1 Å². The van der Waals surface area contributed by atoms with Gasteiger partial charge in [0.05, 0.1) is 32.1 Å². The first-order valence-electron chi connectivity index (χ1n) is 10.2. The number of rotatable bonds is 9. The molecule has 1 aliphatic heterocycles. The smallest absolute Gasteiger partial charge is 0.277 e. The fourth-order valence-corrected chi connectivity index (χ4v) is 2.97. The third kappa shape index (κ3) is 6.95. The van der Waals surface area contributed by atoms with Crippen molar-refractivity contribution in [3.8, 4) is 23.3 Å². The molecule has 1 fully saturated rings. The highest BCUT2D eigenvalue weighted by Crippen LogP contribution is 2.27. The minimum atomic E-state index is -0.479. The fourth-order valence-electron chi connectivity index (χ4n) is 2.97. The molecule has 1 aliphatic rings. The molecule has 33 heavy (non-hydrogen) atoms. The molecule has 2 aromatic rings. The third-order valence-electron chi connectivity index (χ3n) is 4.67. The molecule has 2 aromatic carbocycles. The number of benzene rings is 2. The highest BCUT2D eigenvalue weighted by Gasteiger charge is 2.18. The number of hydrogen-bond acceptors (Lipinski definition) is 8. The van der Waals surface area contributed by atoms with Gasteiger partial charge < -0.3 is 23.8 Å². The topological polar surface area (TPSA) is 122 Å². The van der Waals surface area contributed by atoms with Crippen molar-refractivity contribution in [3.63, 3.8) is 0 Å². The second-order valence-corrected chi connectivity index (χ2v) is 6.88. The van der Waals surface area contributed by atoms with E-state index in [0.717, 1.165) is 0 Å². The van der Waals surface area contributed by atoms with Crippen molar-refractivity contribution in [2.75, 3.05) is 46.6 Å². The van der Waals surface area contributed by atoms with Gasteiger partial charge in [-0.15, -0.1) is 0 Å². The highest BCUT2D eigenvalue weighted by molar-refractivity contribution is 5.84. The van der Waals surface area contributed by atoms with Gasteiger partial charge >= 0.3 is 0 Å². The van der Waals surface area contributed by atoms with Crippen LogP contribution in [-0.4, -0.2) is 69.6 Å². The maximum absolute atomic E-state index is 12.2. The van der Waals surface area contributed by atoms with Crippen LogP contribution < -0.4 is 19.6 Å². The third-order valence-corrected chi connectivity index (χ3v) is 4.67. The Kier molecular flexibility index (Phi) is 8.62. The van der Waals surface area contributed by atoms with Crippen molar-refractivity contribution in [3.05, 3.63) is 53.6 Å². The van der Waals surface area contributed by atoms with E-state index < -0.39 is 5.91 Å². The average Bonchev–Trinajstić information content (AvgIpc) is 2.87. The molecule has 0 spiro atoms. The zero-order chi connectivity index (χ0) is 23.5. The number of hydrogen-bond donors (Lipinski definition) is 1. The average molecular weight is 452 g/mol. The molecule has 0 radical (unpaired) electrons. The number of morpholine rings is 1. The van der Waals surface area contributed by atoms with E-state index in [1.807, 2.05) is 6.07 Å². The zero-order valence-corrected chi connectivity index (χ0v) is 18.2. The number of methoxy groups -OCH3 is 1. The van der Waals surface area contributed by atoms with Crippen molar-refractivity contribution in [1.82, 2.24) is 10.3 Å². The molecule has 0 aromatic heterocycles. The first kappa shape index (κ1) is 23.6. The SMILES string of the molecule is COc1cc(/C=N/NC(=O)COc2ccccc2C#N)ccc1OCC(=O)N1CCOCC1. The van der Waals surface area contributed by atoms with E-state index in [4.69, 9.17) is 24.2 Å². The molecule has 2 amide bonds. The molecule has 1 N–H and O–H groups in total. The normalized spacial score (nSPS) is 13.3. The van der Waals surface area contributed by atoms with Gasteiger partial charge in [-0.3, -0.25) is 9.59 Å². The number of nitriles is 1. The van der Waals surface area contributed by atoms with Gasteiger partial charge in [0.25, 0.3) is 11.8 Å².